The van der Waals surface area contributed by atoms with Crippen molar-refractivity contribution in [3.8, 4) is 0 Å². The molecule has 0 atom stereocenters. The fourth-order valence-corrected chi connectivity index (χ4v) is 2.10. The maximum Gasteiger partial charge on any atom is 0.150 e. The summed E-state index contributed by atoms with van der Waals surface area (Å²) >= 11 is 0. The van der Waals surface area contributed by atoms with E-state index < -0.39 is 0 Å². The number of benzene rings is 1. The minimum atomic E-state index is 0.483. The lowest BCUT2D eigenvalue weighted by Crippen LogP contribution is -1.94. The van der Waals surface area contributed by atoms with Crippen LogP contribution in [0.1, 0.15) is 71.7 Å². The third-order valence-electron chi connectivity index (χ3n) is 3.22. The lowest BCUT2D eigenvalue weighted by molar-refractivity contribution is 0.109. The second kappa shape index (κ2) is 8.62. The number of hydrogen-bond donors (Lipinski definition) is 0. The number of rotatable bonds is 9. The molecule has 0 N–H and O–H groups in total. The average Bonchev–Trinajstić information content (AvgIpc) is 2.42. The van der Waals surface area contributed by atoms with Gasteiger partial charge in [0.15, 0.2) is 12.6 Å². The zero-order valence-corrected chi connectivity index (χ0v) is 11.2. The summed E-state index contributed by atoms with van der Waals surface area (Å²) in [5, 5.41) is 0. The molecule has 1 aromatic rings. The highest BCUT2D eigenvalue weighted by Crippen LogP contribution is 2.13. The van der Waals surface area contributed by atoms with E-state index in [1.54, 1.807) is 6.07 Å². The SMILES string of the molecule is CCCCCCCCc1ccc(C=O)c(C=O)c1. The molecule has 0 aliphatic carbocycles. The van der Waals surface area contributed by atoms with Crippen molar-refractivity contribution in [2.45, 2.75) is 51.9 Å². The Morgan fingerprint density at radius 2 is 1.56 bits per heavy atom. The molecular formula is C16H22O2. The molecule has 1 rings (SSSR count). The van der Waals surface area contributed by atoms with E-state index in [0.29, 0.717) is 11.1 Å². The third kappa shape index (κ3) is 4.82. The van der Waals surface area contributed by atoms with Crippen LogP contribution in [0, 0.1) is 0 Å². The van der Waals surface area contributed by atoms with E-state index in [4.69, 9.17) is 0 Å². The van der Waals surface area contributed by atoms with Crippen molar-refractivity contribution in [3.05, 3.63) is 34.9 Å². The van der Waals surface area contributed by atoms with Gasteiger partial charge in [0.25, 0.3) is 0 Å². The smallest absolute Gasteiger partial charge is 0.150 e. The van der Waals surface area contributed by atoms with Crippen LogP contribution < -0.4 is 0 Å². The number of carbonyl (C=O) groups is 2. The summed E-state index contributed by atoms with van der Waals surface area (Å²) in [6.07, 6.45) is 10.1. The van der Waals surface area contributed by atoms with E-state index >= 15 is 0 Å². The first kappa shape index (κ1) is 14.6. The van der Waals surface area contributed by atoms with E-state index in [1.807, 2.05) is 12.1 Å². The van der Waals surface area contributed by atoms with Crippen molar-refractivity contribution in [2.24, 2.45) is 0 Å². The maximum atomic E-state index is 10.8. The molecule has 0 aliphatic rings. The Kier molecular flexibility index (Phi) is 7.00. The monoisotopic (exact) mass is 246 g/mol. The van der Waals surface area contributed by atoms with E-state index in [1.165, 1.54) is 32.1 Å². The fraction of sp³-hybridized carbons (Fsp3) is 0.500. The highest BCUT2D eigenvalue weighted by molar-refractivity contribution is 5.90. The van der Waals surface area contributed by atoms with Gasteiger partial charge in [-0.3, -0.25) is 9.59 Å². The van der Waals surface area contributed by atoms with Gasteiger partial charge in [0, 0.05) is 11.1 Å². The zero-order chi connectivity index (χ0) is 13.2. The first-order valence-electron chi connectivity index (χ1n) is 6.85. The molecule has 0 bridgehead atoms. The Bertz CT molecular complexity index is 383. The minimum absolute atomic E-state index is 0.483. The van der Waals surface area contributed by atoms with E-state index in [-0.39, 0.29) is 0 Å². The van der Waals surface area contributed by atoms with Gasteiger partial charge in [0.05, 0.1) is 0 Å². The molecule has 0 saturated carbocycles. The summed E-state index contributed by atoms with van der Waals surface area (Å²) in [5.74, 6) is 0. The molecule has 0 aromatic heterocycles. The molecule has 98 valence electrons. The molecule has 0 unspecified atom stereocenters. The van der Waals surface area contributed by atoms with Crippen molar-refractivity contribution >= 4 is 12.6 Å². The molecule has 2 heteroatoms. The second-order valence-corrected chi connectivity index (χ2v) is 4.72. The summed E-state index contributed by atoms with van der Waals surface area (Å²) < 4.78 is 0. The molecule has 0 amide bonds. The van der Waals surface area contributed by atoms with Crippen molar-refractivity contribution < 1.29 is 9.59 Å². The van der Waals surface area contributed by atoms with Gasteiger partial charge in [-0.05, 0) is 24.5 Å². The molecule has 0 heterocycles. The number of unbranched alkanes of at least 4 members (excludes halogenated alkanes) is 5. The lowest BCUT2D eigenvalue weighted by atomic mass is 10.0. The van der Waals surface area contributed by atoms with Crippen molar-refractivity contribution in [3.63, 3.8) is 0 Å². The Balaban J connectivity index is 2.38. The average molecular weight is 246 g/mol. The summed E-state index contributed by atoms with van der Waals surface area (Å²) in [6, 6.07) is 5.52. The summed E-state index contributed by atoms with van der Waals surface area (Å²) in [5.41, 5.74) is 2.14. The van der Waals surface area contributed by atoms with Gasteiger partial charge < -0.3 is 0 Å². The topological polar surface area (TPSA) is 34.1 Å². The van der Waals surface area contributed by atoms with Crippen LogP contribution in [-0.2, 0) is 6.42 Å². The Labute approximate surface area is 109 Å². The summed E-state index contributed by atoms with van der Waals surface area (Å²) in [6.45, 7) is 2.22. The Morgan fingerprint density at radius 3 is 2.22 bits per heavy atom. The van der Waals surface area contributed by atoms with Gasteiger partial charge in [0.1, 0.15) is 0 Å². The van der Waals surface area contributed by atoms with Crippen LogP contribution in [-0.4, -0.2) is 12.6 Å². The summed E-state index contributed by atoms with van der Waals surface area (Å²) in [7, 11) is 0. The maximum absolute atomic E-state index is 10.8. The van der Waals surface area contributed by atoms with Gasteiger partial charge in [-0.15, -0.1) is 0 Å². The highest BCUT2D eigenvalue weighted by atomic mass is 16.1. The zero-order valence-electron chi connectivity index (χ0n) is 11.2. The first-order chi connectivity index (χ1) is 8.81. The lowest BCUT2D eigenvalue weighted by Gasteiger charge is -2.04. The van der Waals surface area contributed by atoms with Gasteiger partial charge in [-0.2, -0.15) is 0 Å². The Hall–Kier alpha value is -1.44. The number of aryl methyl sites for hydroxylation is 1. The summed E-state index contributed by atoms with van der Waals surface area (Å²) in [4.78, 5) is 21.5. The molecule has 0 fully saturated rings. The van der Waals surface area contributed by atoms with Gasteiger partial charge in [-0.25, -0.2) is 0 Å². The van der Waals surface area contributed by atoms with Crippen molar-refractivity contribution in [1.29, 1.82) is 0 Å². The van der Waals surface area contributed by atoms with Crippen LogP contribution in [0.5, 0.6) is 0 Å². The number of carbonyl (C=O) groups excluding carboxylic acids is 2. The van der Waals surface area contributed by atoms with Crippen LogP contribution in [0.25, 0.3) is 0 Å². The molecule has 2 nitrogen and oxygen atoms in total. The molecule has 0 saturated heterocycles. The molecule has 0 radical (unpaired) electrons. The quantitative estimate of drug-likeness (QED) is 0.483. The van der Waals surface area contributed by atoms with Crippen LogP contribution in [0.4, 0.5) is 0 Å². The molecule has 1 aromatic carbocycles. The first-order valence-corrected chi connectivity index (χ1v) is 6.85. The van der Waals surface area contributed by atoms with E-state index in [9.17, 15) is 9.59 Å². The van der Waals surface area contributed by atoms with E-state index in [0.717, 1.165) is 31.0 Å². The second-order valence-electron chi connectivity index (χ2n) is 4.72. The Morgan fingerprint density at radius 1 is 0.889 bits per heavy atom. The normalized spacial score (nSPS) is 10.3. The van der Waals surface area contributed by atoms with Gasteiger partial charge >= 0.3 is 0 Å². The van der Waals surface area contributed by atoms with E-state index in [2.05, 4.69) is 6.92 Å². The molecular weight excluding hydrogens is 224 g/mol. The predicted molar refractivity (Wildman–Crippen MR) is 74.3 cm³/mol. The van der Waals surface area contributed by atoms with Crippen LogP contribution in [0.15, 0.2) is 18.2 Å². The van der Waals surface area contributed by atoms with Gasteiger partial charge in [0.2, 0.25) is 0 Å². The predicted octanol–water partition coefficient (Wildman–Crippen LogP) is 4.21. The van der Waals surface area contributed by atoms with Crippen LogP contribution in [0.3, 0.4) is 0 Å². The van der Waals surface area contributed by atoms with Crippen LogP contribution in [0.2, 0.25) is 0 Å². The van der Waals surface area contributed by atoms with Crippen LogP contribution >= 0.6 is 0 Å². The third-order valence-corrected chi connectivity index (χ3v) is 3.22. The largest absolute Gasteiger partial charge is 0.298 e. The van der Waals surface area contributed by atoms with Crippen molar-refractivity contribution in [2.75, 3.05) is 0 Å². The minimum Gasteiger partial charge on any atom is -0.298 e. The fourth-order valence-electron chi connectivity index (χ4n) is 2.10. The molecule has 0 aliphatic heterocycles. The molecule has 0 spiro atoms. The van der Waals surface area contributed by atoms with Crippen molar-refractivity contribution in [1.82, 2.24) is 0 Å². The molecule has 18 heavy (non-hydrogen) atoms. The number of hydrogen-bond acceptors (Lipinski definition) is 2. The van der Waals surface area contributed by atoms with Gasteiger partial charge in [-0.1, -0.05) is 51.2 Å². The highest BCUT2D eigenvalue weighted by Gasteiger charge is 2.02. The standard InChI is InChI=1S/C16H22O2/c1-2-3-4-5-6-7-8-14-9-10-15(12-17)16(11-14)13-18/h9-13H,2-8H2,1H3. The number of aldehydes is 2.